The monoisotopic (exact) mass is 231 g/mol. The molecule has 1 rings (SSSR count). The molecule has 94 valence electrons. The van der Waals surface area contributed by atoms with Crippen LogP contribution >= 0.6 is 0 Å². The summed E-state index contributed by atoms with van der Waals surface area (Å²) in [7, 11) is 0. The fourth-order valence-corrected chi connectivity index (χ4v) is 2.04. The van der Waals surface area contributed by atoms with Crippen molar-refractivity contribution >= 4 is 5.97 Å². The first-order valence-corrected chi connectivity index (χ1v) is 5.76. The van der Waals surface area contributed by atoms with E-state index in [0.29, 0.717) is 12.5 Å². The molecular weight excluding hydrogens is 210 g/mol. The van der Waals surface area contributed by atoms with Crippen LogP contribution in [0, 0.1) is 5.92 Å². The molecule has 1 saturated carbocycles. The van der Waals surface area contributed by atoms with Crippen molar-refractivity contribution in [3.8, 4) is 0 Å². The summed E-state index contributed by atoms with van der Waals surface area (Å²) >= 11 is 0. The summed E-state index contributed by atoms with van der Waals surface area (Å²) in [6.07, 6.45) is 3.48. The van der Waals surface area contributed by atoms with E-state index in [0.717, 1.165) is 25.7 Å². The van der Waals surface area contributed by atoms with E-state index in [1.54, 1.807) is 0 Å². The molecule has 0 spiro atoms. The highest BCUT2D eigenvalue weighted by atomic mass is 16.4. The van der Waals surface area contributed by atoms with Crippen LogP contribution in [0.4, 0.5) is 0 Å². The lowest BCUT2D eigenvalue weighted by Gasteiger charge is -2.27. The Morgan fingerprint density at radius 3 is 2.75 bits per heavy atom. The predicted molar refractivity (Wildman–Crippen MR) is 59.1 cm³/mol. The molecule has 0 aliphatic heterocycles. The van der Waals surface area contributed by atoms with Gasteiger partial charge in [-0.15, -0.1) is 0 Å². The molecule has 3 atom stereocenters. The van der Waals surface area contributed by atoms with Crippen LogP contribution in [0.1, 0.15) is 32.6 Å². The Bertz CT molecular complexity index is 242. The third-order valence-electron chi connectivity index (χ3n) is 3.12. The van der Waals surface area contributed by atoms with Gasteiger partial charge in [-0.2, -0.15) is 0 Å². The SMILES string of the molecule is CC(O)(CNCC1CCCC(O)C1)C(=O)O. The lowest BCUT2D eigenvalue weighted by Crippen LogP contribution is -2.46. The highest BCUT2D eigenvalue weighted by molar-refractivity contribution is 5.76. The van der Waals surface area contributed by atoms with Crippen molar-refractivity contribution in [2.45, 2.75) is 44.3 Å². The Kier molecular flexibility index (Phi) is 4.70. The lowest BCUT2D eigenvalue weighted by molar-refractivity contribution is -0.156. The molecule has 0 amide bonds. The normalized spacial score (nSPS) is 29.7. The maximum absolute atomic E-state index is 10.6. The zero-order chi connectivity index (χ0) is 12.2. The Balaban J connectivity index is 2.22. The summed E-state index contributed by atoms with van der Waals surface area (Å²) in [5.74, 6) is -0.836. The topological polar surface area (TPSA) is 89.8 Å². The van der Waals surface area contributed by atoms with Gasteiger partial charge < -0.3 is 20.6 Å². The highest BCUT2D eigenvalue weighted by Crippen LogP contribution is 2.23. The first kappa shape index (κ1) is 13.4. The molecule has 1 fully saturated rings. The van der Waals surface area contributed by atoms with Crippen molar-refractivity contribution < 1.29 is 20.1 Å². The average Bonchev–Trinajstić information content (AvgIpc) is 2.17. The van der Waals surface area contributed by atoms with Crippen molar-refractivity contribution in [2.24, 2.45) is 5.92 Å². The summed E-state index contributed by atoms with van der Waals surface area (Å²) in [4.78, 5) is 10.6. The van der Waals surface area contributed by atoms with Gasteiger partial charge in [-0.3, -0.25) is 0 Å². The van der Waals surface area contributed by atoms with Crippen LogP contribution in [0.5, 0.6) is 0 Å². The van der Waals surface area contributed by atoms with E-state index in [-0.39, 0.29) is 12.6 Å². The number of carboxylic acids is 1. The molecule has 0 radical (unpaired) electrons. The van der Waals surface area contributed by atoms with E-state index in [1.165, 1.54) is 6.92 Å². The first-order chi connectivity index (χ1) is 7.42. The van der Waals surface area contributed by atoms with Crippen molar-refractivity contribution in [3.05, 3.63) is 0 Å². The zero-order valence-corrected chi connectivity index (χ0v) is 9.65. The van der Waals surface area contributed by atoms with Crippen LogP contribution in [-0.4, -0.2) is 46.1 Å². The Morgan fingerprint density at radius 1 is 1.50 bits per heavy atom. The molecule has 5 nitrogen and oxygen atoms in total. The molecule has 0 aromatic rings. The van der Waals surface area contributed by atoms with Gasteiger partial charge in [0.2, 0.25) is 0 Å². The number of hydrogen-bond donors (Lipinski definition) is 4. The largest absolute Gasteiger partial charge is 0.479 e. The minimum Gasteiger partial charge on any atom is -0.479 e. The number of nitrogens with one attached hydrogen (secondary N) is 1. The van der Waals surface area contributed by atoms with Gasteiger partial charge in [0.1, 0.15) is 0 Å². The van der Waals surface area contributed by atoms with Gasteiger partial charge in [-0.1, -0.05) is 6.42 Å². The molecule has 1 aliphatic rings. The molecule has 16 heavy (non-hydrogen) atoms. The Labute approximate surface area is 95.5 Å². The summed E-state index contributed by atoms with van der Waals surface area (Å²) in [5, 5.41) is 30.6. The smallest absolute Gasteiger partial charge is 0.336 e. The molecule has 0 aromatic heterocycles. The highest BCUT2D eigenvalue weighted by Gasteiger charge is 2.29. The number of carbonyl (C=O) groups is 1. The second-order valence-electron chi connectivity index (χ2n) is 4.90. The van der Waals surface area contributed by atoms with Gasteiger partial charge in [0.05, 0.1) is 6.10 Å². The van der Waals surface area contributed by atoms with E-state index in [1.807, 2.05) is 0 Å². The number of carboxylic acid groups (broad SMARTS) is 1. The van der Waals surface area contributed by atoms with Gasteiger partial charge >= 0.3 is 5.97 Å². The number of aliphatic carboxylic acids is 1. The maximum atomic E-state index is 10.6. The van der Waals surface area contributed by atoms with E-state index in [9.17, 15) is 15.0 Å². The Morgan fingerprint density at radius 2 is 2.19 bits per heavy atom. The summed E-state index contributed by atoms with van der Waals surface area (Å²) in [6.45, 7) is 1.97. The molecule has 1 aliphatic carbocycles. The molecular formula is C11H21NO4. The molecule has 3 unspecified atom stereocenters. The van der Waals surface area contributed by atoms with Gasteiger partial charge in [0.25, 0.3) is 0 Å². The third kappa shape index (κ3) is 4.08. The predicted octanol–water partition coefficient (Wildman–Crippen LogP) is -0.0373. The van der Waals surface area contributed by atoms with Gasteiger partial charge in [-0.25, -0.2) is 4.79 Å². The standard InChI is InChI=1S/C11H21NO4/c1-11(16,10(14)15)7-12-6-8-3-2-4-9(13)5-8/h8-9,12-13,16H,2-7H2,1H3,(H,14,15). The summed E-state index contributed by atoms with van der Waals surface area (Å²) < 4.78 is 0. The number of aliphatic hydroxyl groups is 2. The second-order valence-corrected chi connectivity index (χ2v) is 4.90. The number of hydrogen-bond acceptors (Lipinski definition) is 4. The van der Waals surface area contributed by atoms with Crippen molar-refractivity contribution in [2.75, 3.05) is 13.1 Å². The molecule has 5 heteroatoms. The minimum absolute atomic E-state index is 0.0366. The quantitative estimate of drug-likeness (QED) is 0.533. The van der Waals surface area contributed by atoms with Crippen LogP contribution < -0.4 is 5.32 Å². The fourth-order valence-electron chi connectivity index (χ4n) is 2.04. The average molecular weight is 231 g/mol. The second kappa shape index (κ2) is 5.61. The van der Waals surface area contributed by atoms with E-state index >= 15 is 0 Å². The van der Waals surface area contributed by atoms with Crippen molar-refractivity contribution in [1.82, 2.24) is 5.32 Å². The molecule has 4 N–H and O–H groups in total. The van der Waals surface area contributed by atoms with Crippen LogP contribution in [0.15, 0.2) is 0 Å². The van der Waals surface area contributed by atoms with E-state index in [4.69, 9.17) is 5.11 Å². The van der Waals surface area contributed by atoms with Crippen LogP contribution in [0.3, 0.4) is 0 Å². The Hall–Kier alpha value is -0.650. The van der Waals surface area contributed by atoms with E-state index in [2.05, 4.69) is 5.32 Å². The van der Waals surface area contributed by atoms with Gasteiger partial charge in [-0.05, 0) is 38.6 Å². The van der Waals surface area contributed by atoms with E-state index < -0.39 is 11.6 Å². The molecule has 0 saturated heterocycles. The molecule has 0 aromatic carbocycles. The molecule has 0 heterocycles. The molecule has 0 bridgehead atoms. The fraction of sp³-hybridized carbons (Fsp3) is 0.909. The lowest BCUT2D eigenvalue weighted by atomic mass is 9.87. The summed E-state index contributed by atoms with van der Waals surface area (Å²) in [5.41, 5.74) is -1.71. The van der Waals surface area contributed by atoms with Crippen LogP contribution in [0.2, 0.25) is 0 Å². The van der Waals surface area contributed by atoms with Gasteiger partial charge in [0.15, 0.2) is 5.60 Å². The first-order valence-electron chi connectivity index (χ1n) is 5.76. The maximum Gasteiger partial charge on any atom is 0.336 e. The number of rotatable bonds is 5. The van der Waals surface area contributed by atoms with Crippen molar-refractivity contribution in [3.63, 3.8) is 0 Å². The van der Waals surface area contributed by atoms with Crippen molar-refractivity contribution in [1.29, 1.82) is 0 Å². The third-order valence-corrected chi connectivity index (χ3v) is 3.12. The summed E-state index contributed by atoms with van der Waals surface area (Å²) in [6, 6.07) is 0. The minimum atomic E-state index is -1.71. The van der Waals surface area contributed by atoms with Gasteiger partial charge in [0, 0.05) is 6.54 Å². The zero-order valence-electron chi connectivity index (χ0n) is 9.65. The van der Waals surface area contributed by atoms with Crippen LogP contribution in [-0.2, 0) is 4.79 Å². The van der Waals surface area contributed by atoms with Crippen LogP contribution in [0.25, 0.3) is 0 Å². The number of aliphatic hydroxyl groups excluding tert-OH is 1.